The highest BCUT2D eigenvalue weighted by Crippen LogP contribution is 2.12. The van der Waals surface area contributed by atoms with Gasteiger partial charge in [0, 0.05) is 12.1 Å². The first-order chi connectivity index (χ1) is 9.63. The fourth-order valence-electron chi connectivity index (χ4n) is 1.94. The minimum absolute atomic E-state index is 0.0582. The quantitative estimate of drug-likeness (QED) is 0.845. The molecule has 2 rings (SSSR count). The Morgan fingerprint density at radius 1 is 1.35 bits per heavy atom. The zero-order valence-corrected chi connectivity index (χ0v) is 11.4. The molecule has 106 valence electrons. The van der Waals surface area contributed by atoms with Gasteiger partial charge in [-0.2, -0.15) is 0 Å². The molecule has 1 atom stereocenters. The third-order valence-corrected chi connectivity index (χ3v) is 3.04. The van der Waals surface area contributed by atoms with Crippen LogP contribution < -0.4 is 5.32 Å². The van der Waals surface area contributed by atoms with Crippen molar-refractivity contribution in [1.82, 2.24) is 10.5 Å². The number of phenolic OH excluding ortho intramolecular Hbond substituents is 1. The summed E-state index contributed by atoms with van der Waals surface area (Å²) in [5, 5.41) is 15.8. The summed E-state index contributed by atoms with van der Waals surface area (Å²) in [4.78, 5) is 11.8. The van der Waals surface area contributed by atoms with Crippen molar-refractivity contribution < 1.29 is 14.4 Å². The van der Waals surface area contributed by atoms with E-state index in [1.165, 1.54) is 6.26 Å². The minimum Gasteiger partial charge on any atom is -0.508 e. The number of nitrogens with zero attached hydrogens (tertiary/aromatic N) is 1. The molecule has 5 nitrogen and oxygen atoms in total. The van der Waals surface area contributed by atoms with Gasteiger partial charge in [-0.1, -0.05) is 17.3 Å². The number of hydrogen-bond acceptors (Lipinski definition) is 4. The molecule has 1 heterocycles. The number of hydrogen-bond donors (Lipinski definition) is 2. The van der Waals surface area contributed by atoms with E-state index < -0.39 is 0 Å². The maximum absolute atomic E-state index is 11.8. The first-order valence-corrected chi connectivity index (χ1v) is 6.60. The highest BCUT2D eigenvalue weighted by atomic mass is 16.5. The van der Waals surface area contributed by atoms with Crippen molar-refractivity contribution >= 4 is 5.91 Å². The lowest BCUT2D eigenvalue weighted by Gasteiger charge is -2.13. The lowest BCUT2D eigenvalue weighted by molar-refractivity contribution is -0.121. The van der Waals surface area contributed by atoms with Gasteiger partial charge in [0.15, 0.2) is 0 Å². The van der Waals surface area contributed by atoms with Crippen LogP contribution in [0.15, 0.2) is 41.1 Å². The molecule has 0 spiro atoms. The van der Waals surface area contributed by atoms with E-state index in [-0.39, 0.29) is 24.1 Å². The van der Waals surface area contributed by atoms with Crippen molar-refractivity contribution in [3.8, 4) is 5.75 Å². The molecule has 0 aliphatic rings. The molecule has 0 aliphatic carbocycles. The Labute approximate surface area is 117 Å². The molecule has 0 saturated heterocycles. The molecule has 1 unspecified atom stereocenters. The lowest BCUT2D eigenvalue weighted by atomic mass is 10.1. The van der Waals surface area contributed by atoms with E-state index in [0.29, 0.717) is 5.69 Å². The van der Waals surface area contributed by atoms with Crippen molar-refractivity contribution in [2.75, 3.05) is 0 Å². The topological polar surface area (TPSA) is 75.4 Å². The number of nitrogens with one attached hydrogen (secondary N) is 1. The van der Waals surface area contributed by atoms with E-state index >= 15 is 0 Å². The van der Waals surface area contributed by atoms with Crippen LogP contribution in [-0.2, 0) is 17.6 Å². The second-order valence-corrected chi connectivity index (χ2v) is 4.84. The van der Waals surface area contributed by atoms with E-state index in [2.05, 4.69) is 15.0 Å². The summed E-state index contributed by atoms with van der Waals surface area (Å²) in [6.45, 7) is 1.97. The number of rotatable bonds is 6. The molecule has 20 heavy (non-hydrogen) atoms. The molecular formula is C15H18N2O3. The zero-order valence-electron chi connectivity index (χ0n) is 11.4. The van der Waals surface area contributed by atoms with Crippen molar-refractivity contribution in [2.24, 2.45) is 0 Å². The number of benzene rings is 1. The molecule has 0 saturated carbocycles. The molecule has 2 N–H and O–H groups in total. The number of carbonyl (C=O) groups is 1. The standard InChI is InChI=1S/C15H18N2O3/c1-11(2-3-12-4-6-14(18)7-5-12)16-15(19)10-13-8-9-20-17-13/h4-9,11,18H,2-3,10H2,1H3,(H,16,19). The van der Waals surface area contributed by atoms with Gasteiger partial charge >= 0.3 is 0 Å². The first-order valence-electron chi connectivity index (χ1n) is 6.60. The van der Waals surface area contributed by atoms with Crippen molar-refractivity contribution in [2.45, 2.75) is 32.2 Å². The Morgan fingerprint density at radius 3 is 2.75 bits per heavy atom. The molecular weight excluding hydrogens is 256 g/mol. The molecule has 1 aromatic heterocycles. The van der Waals surface area contributed by atoms with Crippen molar-refractivity contribution in [3.05, 3.63) is 47.9 Å². The van der Waals surface area contributed by atoms with Crippen molar-refractivity contribution in [1.29, 1.82) is 0 Å². The largest absolute Gasteiger partial charge is 0.508 e. The predicted molar refractivity (Wildman–Crippen MR) is 74.2 cm³/mol. The molecule has 1 amide bonds. The summed E-state index contributed by atoms with van der Waals surface area (Å²) >= 11 is 0. The van der Waals surface area contributed by atoms with E-state index in [1.807, 2.05) is 19.1 Å². The Balaban J connectivity index is 1.73. The second kappa shape index (κ2) is 6.75. The first kappa shape index (κ1) is 14.1. The normalized spacial score (nSPS) is 12.1. The van der Waals surface area contributed by atoms with E-state index in [9.17, 15) is 9.90 Å². The van der Waals surface area contributed by atoms with Gasteiger partial charge in [-0.3, -0.25) is 4.79 Å². The molecule has 2 aromatic rings. The fraction of sp³-hybridized carbons (Fsp3) is 0.333. The Bertz CT molecular complexity index is 535. The molecule has 0 bridgehead atoms. The Hall–Kier alpha value is -2.30. The molecule has 1 aromatic carbocycles. The van der Waals surface area contributed by atoms with Gasteiger partial charge in [0.25, 0.3) is 0 Å². The van der Waals surface area contributed by atoms with Crippen molar-refractivity contribution in [3.63, 3.8) is 0 Å². The van der Waals surface area contributed by atoms with E-state index in [4.69, 9.17) is 0 Å². The number of aromatic hydroxyl groups is 1. The monoisotopic (exact) mass is 274 g/mol. The summed E-state index contributed by atoms with van der Waals surface area (Å²) in [5.41, 5.74) is 1.77. The Kier molecular flexibility index (Phi) is 4.76. The average molecular weight is 274 g/mol. The summed E-state index contributed by atoms with van der Waals surface area (Å²) < 4.78 is 4.68. The van der Waals surface area contributed by atoms with Crippen LogP contribution >= 0.6 is 0 Å². The summed E-state index contributed by atoms with van der Waals surface area (Å²) in [6.07, 6.45) is 3.39. The van der Waals surface area contributed by atoms with E-state index in [1.54, 1.807) is 18.2 Å². The van der Waals surface area contributed by atoms with Gasteiger partial charge in [-0.05, 0) is 37.5 Å². The molecule has 0 radical (unpaired) electrons. The predicted octanol–water partition coefficient (Wildman–Crippen LogP) is 2.06. The number of aryl methyl sites for hydroxylation is 1. The SMILES string of the molecule is CC(CCc1ccc(O)cc1)NC(=O)Cc1ccon1. The van der Waals surface area contributed by atoms with Crippen LogP contribution in [0.3, 0.4) is 0 Å². The highest BCUT2D eigenvalue weighted by molar-refractivity contribution is 5.78. The van der Waals surface area contributed by atoms with Crippen LogP contribution in [0.5, 0.6) is 5.75 Å². The summed E-state index contributed by atoms with van der Waals surface area (Å²) in [5.74, 6) is 0.208. The second-order valence-electron chi connectivity index (χ2n) is 4.84. The summed E-state index contributed by atoms with van der Waals surface area (Å²) in [6, 6.07) is 8.88. The van der Waals surface area contributed by atoms with Crippen LogP contribution in [-0.4, -0.2) is 22.2 Å². The maximum Gasteiger partial charge on any atom is 0.226 e. The number of amides is 1. The molecule has 5 heteroatoms. The van der Waals surface area contributed by atoms with Gasteiger partial charge in [0.2, 0.25) is 5.91 Å². The fourth-order valence-corrected chi connectivity index (χ4v) is 1.94. The van der Waals surface area contributed by atoms with Crippen LogP contribution in [0.4, 0.5) is 0 Å². The summed E-state index contributed by atoms with van der Waals surface area (Å²) in [7, 11) is 0. The van der Waals surface area contributed by atoms with Gasteiger partial charge in [0.1, 0.15) is 12.0 Å². The van der Waals surface area contributed by atoms with Gasteiger partial charge in [-0.15, -0.1) is 0 Å². The number of aromatic nitrogens is 1. The van der Waals surface area contributed by atoms with Crippen LogP contribution in [0.2, 0.25) is 0 Å². The van der Waals surface area contributed by atoms with E-state index in [0.717, 1.165) is 18.4 Å². The molecule has 0 aliphatic heterocycles. The maximum atomic E-state index is 11.8. The lowest BCUT2D eigenvalue weighted by Crippen LogP contribution is -2.34. The number of phenols is 1. The highest BCUT2D eigenvalue weighted by Gasteiger charge is 2.10. The van der Waals surface area contributed by atoms with Gasteiger partial charge in [-0.25, -0.2) is 0 Å². The van der Waals surface area contributed by atoms with Gasteiger partial charge < -0.3 is 14.9 Å². The third-order valence-electron chi connectivity index (χ3n) is 3.04. The number of carbonyl (C=O) groups excluding carboxylic acids is 1. The van der Waals surface area contributed by atoms with Crippen LogP contribution in [0.1, 0.15) is 24.6 Å². The van der Waals surface area contributed by atoms with Gasteiger partial charge in [0.05, 0.1) is 12.1 Å². The third kappa shape index (κ3) is 4.42. The smallest absolute Gasteiger partial charge is 0.226 e. The van der Waals surface area contributed by atoms with Crippen LogP contribution in [0, 0.1) is 0 Å². The van der Waals surface area contributed by atoms with Crippen LogP contribution in [0.25, 0.3) is 0 Å². The Morgan fingerprint density at radius 2 is 2.10 bits per heavy atom. The minimum atomic E-state index is -0.0582. The molecule has 0 fully saturated rings. The average Bonchev–Trinajstić information content (AvgIpc) is 2.90. The zero-order chi connectivity index (χ0) is 14.4.